The standard InChI is InChI=1S/C18H26N2O/c1-13-7-5-6-8-16(13)19-20-17(21)14-9-11-15(12-10-14)18(2,3)4/h9-13H,5-8H2,1-4H3,(H,20,21)/b19-16-/t13-/m0/s1. The fourth-order valence-electron chi connectivity index (χ4n) is 2.64. The van der Waals surface area contributed by atoms with Gasteiger partial charge in [-0.15, -0.1) is 0 Å². The fourth-order valence-corrected chi connectivity index (χ4v) is 2.64. The highest BCUT2D eigenvalue weighted by Crippen LogP contribution is 2.22. The maximum Gasteiger partial charge on any atom is 0.271 e. The highest BCUT2D eigenvalue weighted by molar-refractivity contribution is 5.95. The van der Waals surface area contributed by atoms with Crippen molar-refractivity contribution >= 4 is 11.6 Å². The molecule has 1 amide bonds. The molecule has 0 spiro atoms. The Morgan fingerprint density at radius 1 is 1.19 bits per heavy atom. The molecule has 0 heterocycles. The van der Waals surface area contributed by atoms with Crippen molar-refractivity contribution in [2.24, 2.45) is 11.0 Å². The number of hydrogen-bond donors (Lipinski definition) is 1. The molecule has 3 heteroatoms. The minimum absolute atomic E-state index is 0.104. The highest BCUT2D eigenvalue weighted by atomic mass is 16.2. The zero-order valence-electron chi connectivity index (χ0n) is 13.6. The lowest BCUT2D eigenvalue weighted by atomic mass is 9.87. The monoisotopic (exact) mass is 286 g/mol. The molecule has 0 radical (unpaired) electrons. The van der Waals surface area contributed by atoms with Crippen molar-refractivity contribution in [2.45, 2.75) is 58.8 Å². The zero-order valence-corrected chi connectivity index (χ0v) is 13.6. The minimum atomic E-state index is -0.124. The highest BCUT2D eigenvalue weighted by Gasteiger charge is 2.17. The van der Waals surface area contributed by atoms with Gasteiger partial charge in [0.2, 0.25) is 0 Å². The van der Waals surface area contributed by atoms with Gasteiger partial charge in [-0.3, -0.25) is 4.79 Å². The van der Waals surface area contributed by atoms with Crippen LogP contribution in [-0.4, -0.2) is 11.6 Å². The summed E-state index contributed by atoms with van der Waals surface area (Å²) in [6.07, 6.45) is 4.63. The van der Waals surface area contributed by atoms with Gasteiger partial charge < -0.3 is 0 Å². The Balaban J connectivity index is 2.02. The molecule has 1 aromatic rings. The first-order valence-electron chi connectivity index (χ1n) is 7.85. The largest absolute Gasteiger partial charge is 0.271 e. The van der Waals surface area contributed by atoms with Crippen LogP contribution in [0.3, 0.4) is 0 Å². The summed E-state index contributed by atoms with van der Waals surface area (Å²) in [5, 5.41) is 4.33. The van der Waals surface area contributed by atoms with Crippen LogP contribution in [0.5, 0.6) is 0 Å². The van der Waals surface area contributed by atoms with Crippen LogP contribution in [0.15, 0.2) is 29.4 Å². The van der Waals surface area contributed by atoms with Crippen LogP contribution in [0.4, 0.5) is 0 Å². The van der Waals surface area contributed by atoms with Crippen LogP contribution in [0.25, 0.3) is 0 Å². The molecule has 2 rings (SSSR count). The number of carbonyl (C=O) groups is 1. The van der Waals surface area contributed by atoms with Crippen LogP contribution in [0.1, 0.15) is 69.3 Å². The van der Waals surface area contributed by atoms with E-state index in [2.05, 4.69) is 38.2 Å². The maximum atomic E-state index is 12.1. The molecule has 1 atom stereocenters. The number of carbonyl (C=O) groups excluding carboxylic acids is 1. The van der Waals surface area contributed by atoms with Crippen molar-refractivity contribution in [3.8, 4) is 0 Å². The Morgan fingerprint density at radius 2 is 1.86 bits per heavy atom. The van der Waals surface area contributed by atoms with E-state index in [4.69, 9.17) is 0 Å². The van der Waals surface area contributed by atoms with E-state index in [9.17, 15) is 4.79 Å². The smallest absolute Gasteiger partial charge is 0.267 e. The summed E-state index contributed by atoms with van der Waals surface area (Å²) in [7, 11) is 0. The minimum Gasteiger partial charge on any atom is -0.267 e. The van der Waals surface area contributed by atoms with Crippen LogP contribution in [0, 0.1) is 5.92 Å². The topological polar surface area (TPSA) is 41.5 Å². The van der Waals surface area contributed by atoms with Gasteiger partial charge in [0.1, 0.15) is 0 Å². The Morgan fingerprint density at radius 3 is 2.43 bits per heavy atom. The van der Waals surface area contributed by atoms with E-state index in [0.29, 0.717) is 11.5 Å². The van der Waals surface area contributed by atoms with Crippen molar-refractivity contribution in [1.82, 2.24) is 5.43 Å². The van der Waals surface area contributed by atoms with Crippen molar-refractivity contribution in [3.63, 3.8) is 0 Å². The Hall–Kier alpha value is -1.64. The van der Waals surface area contributed by atoms with Crippen LogP contribution >= 0.6 is 0 Å². The van der Waals surface area contributed by atoms with E-state index in [-0.39, 0.29) is 11.3 Å². The maximum absolute atomic E-state index is 12.1. The second-order valence-corrected chi connectivity index (χ2v) is 7.02. The SMILES string of the molecule is C[C@H]1CCCC/C1=N/NC(=O)c1ccc(C(C)(C)C)cc1. The van der Waals surface area contributed by atoms with Gasteiger partial charge in [-0.2, -0.15) is 5.10 Å². The summed E-state index contributed by atoms with van der Waals surface area (Å²) in [5.41, 5.74) is 5.83. The third kappa shape index (κ3) is 4.16. The third-order valence-electron chi connectivity index (χ3n) is 4.20. The molecular weight excluding hydrogens is 260 g/mol. The number of amides is 1. The molecule has 1 saturated carbocycles. The normalized spacial score (nSPS) is 21.3. The lowest BCUT2D eigenvalue weighted by molar-refractivity contribution is 0.0954. The Bertz CT molecular complexity index is 523. The molecule has 3 nitrogen and oxygen atoms in total. The number of hydrogen-bond acceptors (Lipinski definition) is 2. The van der Waals surface area contributed by atoms with E-state index in [1.807, 2.05) is 24.3 Å². The molecule has 1 aliphatic rings. The molecule has 0 aliphatic heterocycles. The van der Waals surface area contributed by atoms with Gasteiger partial charge >= 0.3 is 0 Å². The average molecular weight is 286 g/mol. The van der Waals surface area contributed by atoms with Crippen molar-refractivity contribution in [1.29, 1.82) is 0 Å². The van der Waals surface area contributed by atoms with Crippen molar-refractivity contribution in [2.75, 3.05) is 0 Å². The summed E-state index contributed by atoms with van der Waals surface area (Å²) in [6.45, 7) is 8.68. The molecule has 0 unspecified atom stereocenters. The van der Waals surface area contributed by atoms with E-state index in [0.717, 1.165) is 12.1 Å². The first-order valence-corrected chi connectivity index (χ1v) is 7.85. The Kier molecular flexibility index (Phi) is 4.81. The molecule has 0 saturated heterocycles. The summed E-state index contributed by atoms with van der Waals surface area (Å²) < 4.78 is 0. The predicted octanol–water partition coefficient (Wildman–Crippen LogP) is 4.28. The van der Waals surface area contributed by atoms with Gasteiger partial charge in [0.05, 0.1) is 0 Å². The quantitative estimate of drug-likeness (QED) is 0.810. The summed E-state index contributed by atoms with van der Waals surface area (Å²) in [5.74, 6) is 0.364. The van der Waals surface area contributed by atoms with E-state index >= 15 is 0 Å². The number of nitrogens with zero attached hydrogens (tertiary/aromatic N) is 1. The fraction of sp³-hybridized carbons (Fsp3) is 0.556. The van der Waals surface area contributed by atoms with Crippen LogP contribution in [0.2, 0.25) is 0 Å². The van der Waals surface area contributed by atoms with E-state index in [1.54, 1.807) is 0 Å². The number of benzene rings is 1. The molecule has 0 bridgehead atoms. The number of rotatable bonds is 2. The third-order valence-corrected chi connectivity index (χ3v) is 4.20. The number of nitrogens with one attached hydrogen (secondary N) is 1. The average Bonchev–Trinajstić information content (AvgIpc) is 2.45. The van der Waals surface area contributed by atoms with E-state index in [1.165, 1.54) is 24.8 Å². The summed E-state index contributed by atoms with van der Waals surface area (Å²) >= 11 is 0. The lowest BCUT2D eigenvalue weighted by Crippen LogP contribution is -2.24. The molecule has 1 aromatic carbocycles. The predicted molar refractivity (Wildman–Crippen MR) is 87.7 cm³/mol. The molecule has 1 aliphatic carbocycles. The van der Waals surface area contributed by atoms with Gasteiger partial charge in [-0.05, 0) is 48.3 Å². The van der Waals surface area contributed by atoms with Crippen LogP contribution < -0.4 is 5.43 Å². The summed E-state index contributed by atoms with van der Waals surface area (Å²) in [4.78, 5) is 12.1. The first-order chi connectivity index (χ1) is 9.88. The van der Waals surface area contributed by atoms with Crippen molar-refractivity contribution in [3.05, 3.63) is 35.4 Å². The second-order valence-electron chi connectivity index (χ2n) is 7.02. The van der Waals surface area contributed by atoms with Gasteiger partial charge in [0.25, 0.3) is 5.91 Å². The molecule has 21 heavy (non-hydrogen) atoms. The molecule has 1 fully saturated rings. The van der Waals surface area contributed by atoms with Crippen LogP contribution in [-0.2, 0) is 5.41 Å². The van der Waals surface area contributed by atoms with Gasteiger partial charge in [0.15, 0.2) is 0 Å². The lowest BCUT2D eigenvalue weighted by Gasteiger charge is -2.20. The van der Waals surface area contributed by atoms with Gasteiger partial charge in [0, 0.05) is 11.3 Å². The molecular formula is C18H26N2O. The molecule has 0 aromatic heterocycles. The first kappa shape index (κ1) is 15.7. The van der Waals surface area contributed by atoms with E-state index < -0.39 is 0 Å². The van der Waals surface area contributed by atoms with Crippen molar-refractivity contribution < 1.29 is 4.79 Å². The van der Waals surface area contributed by atoms with Gasteiger partial charge in [-0.25, -0.2) is 5.43 Å². The zero-order chi connectivity index (χ0) is 15.5. The number of hydrazone groups is 1. The van der Waals surface area contributed by atoms with Gasteiger partial charge in [-0.1, -0.05) is 46.2 Å². The summed E-state index contributed by atoms with van der Waals surface area (Å²) in [6, 6.07) is 7.79. The molecule has 114 valence electrons. The second kappa shape index (κ2) is 6.42. The Labute approximate surface area is 127 Å². The molecule has 1 N–H and O–H groups in total.